The van der Waals surface area contributed by atoms with Crippen molar-refractivity contribution in [3.8, 4) is 11.3 Å². The van der Waals surface area contributed by atoms with Gasteiger partial charge in [-0.3, -0.25) is 4.79 Å². The van der Waals surface area contributed by atoms with Crippen molar-refractivity contribution < 1.29 is 31.9 Å². The number of carboxylic acid groups (broad SMARTS) is 1. The van der Waals surface area contributed by atoms with Crippen molar-refractivity contribution >= 4 is 16.9 Å². The van der Waals surface area contributed by atoms with Crippen molar-refractivity contribution in [1.82, 2.24) is 4.98 Å². The second-order valence-corrected chi connectivity index (χ2v) is 7.00. The van der Waals surface area contributed by atoms with Crippen molar-refractivity contribution in [3.63, 3.8) is 0 Å². The van der Waals surface area contributed by atoms with E-state index in [4.69, 9.17) is 5.11 Å². The Bertz CT molecular complexity index is 1060. The van der Waals surface area contributed by atoms with E-state index in [1.54, 1.807) is 0 Å². The first-order chi connectivity index (χ1) is 13.1. The van der Waals surface area contributed by atoms with E-state index in [1.807, 2.05) is 0 Å². The molecule has 0 saturated heterocycles. The zero-order valence-corrected chi connectivity index (χ0v) is 14.3. The summed E-state index contributed by atoms with van der Waals surface area (Å²) in [5.74, 6) is -3.43. The number of aromatic nitrogens is 1. The maximum Gasteiger partial charge on any atom is 0.416 e. The molecule has 4 rings (SSSR count). The number of alkyl halides is 3. The molecular weight excluding hydrogens is 381 g/mol. The second kappa shape index (κ2) is 6.32. The molecule has 0 radical (unpaired) electrons. The van der Waals surface area contributed by atoms with Gasteiger partial charge < -0.3 is 10.1 Å². The van der Waals surface area contributed by atoms with Crippen LogP contribution in [0.2, 0.25) is 0 Å². The lowest BCUT2D eigenvalue weighted by molar-refractivity contribution is -0.145. The second-order valence-electron chi connectivity index (χ2n) is 7.00. The minimum absolute atomic E-state index is 0.0699. The number of hydrogen-bond donors (Lipinski definition) is 2. The van der Waals surface area contributed by atoms with Crippen molar-refractivity contribution in [2.45, 2.75) is 24.9 Å². The Morgan fingerprint density at radius 1 is 1.07 bits per heavy atom. The summed E-state index contributed by atoms with van der Waals surface area (Å²) in [6.45, 7) is 0. The highest BCUT2D eigenvalue weighted by Crippen LogP contribution is 2.49. The van der Waals surface area contributed by atoms with Crippen LogP contribution >= 0.6 is 0 Å². The fraction of sp³-hybridized carbons (Fsp3) is 0.250. The molecule has 1 aliphatic carbocycles. The molecule has 28 heavy (non-hydrogen) atoms. The predicted molar refractivity (Wildman–Crippen MR) is 91.8 cm³/mol. The van der Waals surface area contributed by atoms with Crippen LogP contribution in [0.5, 0.6) is 0 Å². The molecule has 0 spiro atoms. The molecule has 0 bridgehead atoms. The van der Waals surface area contributed by atoms with E-state index in [1.165, 1.54) is 24.3 Å². The van der Waals surface area contributed by atoms with Gasteiger partial charge >= 0.3 is 12.1 Å². The lowest BCUT2D eigenvalue weighted by atomic mass is 9.70. The van der Waals surface area contributed by atoms with E-state index in [-0.39, 0.29) is 29.7 Å². The zero-order chi connectivity index (χ0) is 20.2. The van der Waals surface area contributed by atoms with Gasteiger partial charge in [-0.15, -0.1) is 0 Å². The largest absolute Gasteiger partial charge is 0.481 e. The number of carboxylic acids is 1. The van der Waals surface area contributed by atoms with E-state index >= 15 is 0 Å². The summed E-state index contributed by atoms with van der Waals surface area (Å²) in [6, 6.07) is 6.59. The molecule has 1 saturated carbocycles. The topological polar surface area (TPSA) is 53.1 Å². The number of aliphatic carboxylic acids is 1. The van der Waals surface area contributed by atoms with Gasteiger partial charge in [-0.05, 0) is 66.3 Å². The normalized spacial score (nSPS) is 19.6. The Morgan fingerprint density at radius 3 is 2.29 bits per heavy atom. The van der Waals surface area contributed by atoms with Crippen LogP contribution in [0.1, 0.15) is 29.9 Å². The monoisotopic (exact) mass is 395 g/mol. The Kier molecular flexibility index (Phi) is 4.17. The van der Waals surface area contributed by atoms with Gasteiger partial charge in [0.15, 0.2) is 0 Å². The first-order valence-corrected chi connectivity index (χ1v) is 8.56. The molecule has 0 atom stereocenters. The molecule has 1 fully saturated rings. The van der Waals surface area contributed by atoms with Crippen LogP contribution in [0.25, 0.3) is 22.2 Å². The summed E-state index contributed by atoms with van der Waals surface area (Å²) in [6.07, 6.45) is -4.23. The summed E-state index contributed by atoms with van der Waals surface area (Å²) < 4.78 is 67.2. The third-order valence-electron chi connectivity index (χ3n) is 5.26. The first-order valence-electron chi connectivity index (χ1n) is 8.56. The zero-order valence-electron chi connectivity index (χ0n) is 14.3. The smallest absolute Gasteiger partial charge is 0.416 e. The van der Waals surface area contributed by atoms with Crippen LogP contribution in [-0.4, -0.2) is 16.1 Å². The van der Waals surface area contributed by atoms with Gasteiger partial charge in [-0.25, -0.2) is 8.78 Å². The molecule has 3 aromatic rings. The number of benzene rings is 2. The average molecular weight is 395 g/mol. The van der Waals surface area contributed by atoms with Gasteiger partial charge in [0.05, 0.1) is 22.7 Å². The van der Waals surface area contributed by atoms with E-state index in [0.717, 1.165) is 6.07 Å². The number of aromatic amines is 1. The molecule has 1 aromatic heterocycles. The van der Waals surface area contributed by atoms with Crippen molar-refractivity contribution in [2.24, 2.45) is 5.92 Å². The van der Waals surface area contributed by atoms with E-state index in [9.17, 15) is 26.7 Å². The van der Waals surface area contributed by atoms with Gasteiger partial charge in [0.1, 0.15) is 11.6 Å². The van der Waals surface area contributed by atoms with Crippen LogP contribution in [0, 0.1) is 17.6 Å². The Labute approximate surface area is 155 Å². The van der Waals surface area contributed by atoms with Gasteiger partial charge in [0.2, 0.25) is 0 Å². The fourth-order valence-electron chi connectivity index (χ4n) is 3.76. The number of rotatable bonds is 3. The quantitative estimate of drug-likeness (QED) is 0.558. The summed E-state index contributed by atoms with van der Waals surface area (Å²) in [4.78, 5) is 14.0. The Morgan fingerprint density at radius 2 is 1.71 bits per heavy atom. The minimum atomic E-state index is -4.72. The third-order valence-corrected chi connectivity index (χ3v) is 5.26. The fourth-order valence-corrected chi connectivity index (χ4v) is 3.76. The Hall–Kier alpha value is -2.90. The van der Waals surface area contributed by atoms with Crippen LogP contribution in [0.3, 0.4) is 0 Å². The summed E-state index contributed by atoms with van der Waals surface area (Å²) in [5, 5.41) is 9.19. The first kappa shape index (κ1) is 18.5. The van der Waals surface area contributed by atoms with Crippen LogP contribution < -0.4 is 0 Å². The maximum atomic E-state index is 14.5. The molecule has 2 aromatic carbocycles. The molecule has 1 aliphatic rings. The SMILES string of the molecule is O=C(O)C1CC(c2c(-c3ccc(F)cc3)[nH]c3c(F)cc(C(F)(F)F)cc23)C1. The third kappa shape index (κ3) is 3.02. The Balaban J connectivity index is 1.92. The number of H-pyrrole nitrogens is 1. The highest BCUT2D eigenvalue weighted by Gasteiger charge is 2.39. The van der Waals surface area contributed by atoms with Gasteiger partial charge in [0, 0.05) is 5.39 Å². The lowest BCUT2D eigenvalue weighted by Gasteiger charge is -2.33. The lowest BCUT2D eigenvalue weighted by Crippen LogP contribution is -2.28. The summed E-state index contributed by atoms with van der Waals surface area (Å²) >= 11 is 0. The van der Waals surface area contributed by atoms with E-state index < -0.39 is 35.3 Å². The van der Waals surface area contributed by atoms with Crippen molar-refractivity contribution in [1.29, 1.82) is 0 Å². The highest BCUT2D eigenvalue weighted by atomic mass is 19.4. The number of hydrogen-bond acceptors (Lipinski definition) is 1. The van der Waals surface area contributed by atoms with Crippen LogP contribution in [-0.2, 0) is 11.0 Å². The summed E-state index contributed by atoms with van der Waals surface area (Å²) in [5.41, 5.74) is 0.101. The van der Waals surface area contributed by atoms with Crippen molar-refractivity contribution in [2.75, 3.05) is 0 Å². The van der Waals surface area contributed by atoms with Gasteiger partial charge in [0.25, 0.3) is 0 Å². The highest BCUT2D eigenvalue weighted by molar-refractivity contribution is 5.93. The standard InChI is InChI=1S/C20H14F5NO2/c21-13-3-1-9(2-4-13)17-16(10-5-11(6-10)19(27)28)14-7-12(20(23,24)25)8-15(22)18(14)26-17/h1-4,7-8,10-11,26H,5-6H2,(H,27,28). The molecule has 2 N–H and O–H groups in total. The number of nitrogens with one attached hydrogen (secondary N) is 1. The van der Waals surface area contributed by atoms with Gasteiger partial charge in [-0.1, -0.05) is 0 Å². The molecule has 146 valence electrons. The van der Waals surface area contributed by atoms with Crippen LogP contribution in [0.15, 0.2) is 36.4 Å². The predicted octanol–water partition coefficient (Wildman–Crippen LogP) is 5.71. The van der Waals surface area contributed by atoms with E-state index in [0.29, 0.717) is 22.9 Å². The molecular formula is C20H14F5NO2. The average Bonchev–Trinajstić information content (AvgIpc) is 2.93. The molecule has 0 unspecified atom stereocenters. The number of fused-ring (bicyclic) bond motifs is 1. The molecule has 0 aliphatic heterocycles. The molecule has 3 nitrogen and oxygen atoms in total. The maximum absolute atomic E-state index is 14.5. The summed E-state index contributed by atoms with van der Waals surface area (Å²) in [7, 11) is 0. The van der Waals surface area contributed by atoms with Gasteiger partial charge in [-0.2, -0.15) is 13.2 Å². The van der Waals surface area contributed by atoms with Crippen LogP contribution in [0.4, 0.5) is 22.0 Å². The van der Waals surface area contributed by atoms with Crippen molar-refractivity contribution in [3.05, 3.63) is 59.2 Å². The number of halogens is 5. The van der Waals surface area contributed by atoms with E-state index in [2.05, 4.69) is 4.98 Å². The molecule has 1 heterocycles. The molecule has 0 amide bonds. The number of carbonyl (C=O) groups is 1. The molecule has 8 heteroatoms. The minimum Gasteiger partial charge on any atom is -0.481 e.